The number of methoxy groups -OCH3 is 1. The molecule has 0 saturated carbocycles. The summed E-state index contributed by atoms with van der Waals surface area (Å²) in [5.41, 5.74) is 3.07. The number of nitrogens with zero attached hydrogens (tertiary/aromatic N) is 3. The molecule has 4 rings (SSSR count). The van der Waals surface area contributed by atoms with Crippen LogP contribution in [-0.2, 0) is 6.42 Å². The summed E-state index contributed by atoms with van der Waals surface area (Å²) in [7, 11) is 1.61. The summed E-state index contributed by atoms with van der Waals surface area (Å²) in [6.45, 7) is 0.351. The van der Waals surface area contributed by atoms with Gasteiger partial charge in [0.2, 0.25) is 5.88 Å². The van der Waals surface area contributed by atoms with Crippen LogP contribution < -0.4 is 9.47 Å². The van der Waals surface area contributed by atoms with E-state index in [1.807, 2.05) is 42.5 Å². The van der Waals surface area contributed by atoms with Gasteiger partial charge in [0.25, 0.3) is 0 Å². The number of aromatic nitrogens is 3. The van der Waals surface area contributed by atoms with E-state index in [1.165, 1.54) is 12.1 Å². The van der Waals surface area contributed by atoms with Crippen LogP contribution in [0.15, 0.2) is 66.9 Å². The molecule has 0 N–H and O–H groups in total. The third-order valence-electron chi connectivity index (χ3n) is 4.33. The summed E-state index contributed by atoms with van der Waals surface area (Å²) in [4.78, 5) is 13.2. The van der Waals surface area contributed by atoms with Crippen molar-refractivity contribution >= 4 is 11.0 Å². The number of halogens is 1. The summed E-state index contributed by atoms with van der Waals surface area (Å²) in [5, 5.41) is 0. The normalized spacial score (nSPS) is 10.3. The predicted octanol–water partition coefficient (Wildman–Crippen LogP) is 4.19. The van der Waals surface area contributed by atoms with Crippen LogP contribution in [0.4, 0.5) is 4.39 Å². The summed E-state index contributed by atoms with van der Waals surface area (Å²) >= 11 is 0. The number of hydrogen-bond acceptors (Lipinski definition) is 5. The van der Waals surface area contributed by atoms with Gasteiger partial charge in [-0.05, 0) is 54.5 Å². The molecule has 0 aliphatic heterocycles. The van der Waals surface area contributed by atoms with Gasteiger partial charge in [-0.3, -0.25) is 4.98 Å². The van der Waals surface area contributed by atoms with E-state index in [2.05, 4.69) is 26.8 Å². The molecule has 148 valence electrons. The van der Waals surface area contributed by atoms with E-state index in [9.17, 15) is 4.39 Å². The average molecular weight is 399 g/mol. The maximum absolute atomic E-state index is 13.6. The molecule has 0 saturated heterocycles. The molecule has 0 fully saturated rings. The molecule has 2 aromatic heterocycles. The van der Waals surface area contributed by atoms with E-state index in [0.717, 1.165) is 17.0 Å². The molecule has 0 atom stereocenters. The third kappa shape index (κ3) is 4.70. The van der Waals surface area contributed by atoms with Gasteiger partial charge in [0.05, 0.1) is 24.8 Å². The Bertz CT molecular complexity index is 1220. The summed E-state index contributed by atoms with van der Waals surface area (Å²) in [6, 6.07) is 17.4. The maximum atomic E-state index is 13.6. The molecule has 2 aromatic carbocycles. The van der Waals surface area contributed by atoms with Gasteiger partial charge in [-0.25, -0.2) is 14.4 Å². The van der Waals surface area contributed by atoms with Gasteiger partial charge < -0.3 is 9.47 Å². The van der Waals surface area contributed by atoms with Crippen LogP contribution in [0.5, 0.6) is 11.6 Å². The maximum Gasteiger partial charge on any atom is 0.249 e. The minimum Gasteiger partial charge on any atom is -0.497 e. The fourth-order valence-corrected chi connectivity index (χ4v) is 2.80. The molecule has 5 nitrogen and oxygen atoms in total. The lowest BCUT2D eigenvalue weighted by Crippen LogP contribution is -2.06. The van der Waals surface area contributed by atoms with E-state index in [-0.39, 0.29) is 11.7 Å². The van der Waals surface area contributed by atoms with Crippen LogP contribution in [0.1, 0.15) is 17.0 Å². The summed E-state index contributed by atoms with van der Waals surface area (Å²) in [5.74, 6) is 6.73. The van der Waals surface area contributed by atoms with Crippen LogP contribution in [0.2, 0.25) is 0 Å². The lowest BCUT2D eigenvalue weighted by Gasteiger charge is -2.08. The zero-order chi connectivity index (χ0) is 20.8. The molecule has 6 heteroatoms. The molecule has 4 aromatic rings. The van der Waals surface area contributed by atoms with E-state index < -0.39 is 0 Å². The van der Waals surface area contributed by atoms with E-state index >= 15 is 0 Å². The smallest absolute Gasteiger partial charge is 0.249 e. The monoisotopic (exact) mass is 399 g/mol. The minimum absolute atomic E-state index is 0.269. The van der Waals surface area contributed by atoms with Crippen molar-refractivity contribution in [2.45, 2.75) is 6.42 Å². The Morgan fingerprint density at radius 3 is 2.57 bits per heavy atom. The van der Waals surface area contributed by atoms with Crippen molar-refractivity contribution < 1.29 is 13.9 Å². The Labute approximate surface area is 173 Å². The molecule has 0 spiro atoms. The van der Waals surface area contributed by atoms with Crippen LogP contribution >= 0.6 is 0 Å². The summed E-state index contributed by atoms with van der Waals surface area (Å²) in [6.07, 6.45) is 2.34. The SMILES string of the molecule is COc1ccc(C#Cc2nc3ccc(F)cc3nc2OCCc2ccccn2)cc1. The number of benzene rings is 2. The van der Waals surface area contributed by atoms with Crippen molar-refractivity contribution in [1.82, 2.24) is 15.0 Å². The van der Waals surface area contributed by atoms with E-state index in [1.54, 1.807) is 19.4 Å². The highest BCUT2D eigenvalue weighted by Gasteiger charge is 2.10. The zero-order valence-corrected chi connectivity index (χ0v) is 16.3. The molecule has 0 bridgehead atoms. The van der Waals surface area contributed by atoms with Gasteiger partial charge in [-0.1, -0.05) is 12.0 Å². The molecule has 2 heterocycles. The van der Waals surface area contributed by atoms with E-state index in [0.29, 0.717) is 29.8 Å². The highest BCUT2D eigenvalue weighted by atomic mass is 19.1. The first-order valence-corrected chi connectivity index (χ1v) is 9.37. The summed E-state index contributed by atoms with van der Waals surface area (Å²) < 4.78 is 24.6. The van der Waals surface area contributed by atoms with Crippen molar-refractivity contribution in [3.05, 3.63) is 89.6 Å². The predicted molar refractivity (Wildman–Crippen MR) is 112 cm³/mol. The molecule has 0 aliphatic rings. The molecular formula is C24H18FN3O2. The quantitative estimate of drug-likeness (QED) is 0.471. The zero-order valence-electron chi connectivity index (χ0n) is 16.3. The largest absolute Gasteiger partial charge is 0.497 e. The van der Waals surface area contributed by atoms with Gasteiger partial charge in [-0.15, -0.1) is 0 Å². The first-order chi connectivity index (χ1) is 14.7. The van der Waals surface area contributed by atoms with Crippen molar-refractivity contribution in [2.75, 3.05) is 13.7 Å². The Morgan fingerprint density at radius 2 is 1.80 bits per heavy atom. The molecule has 0 aliphatic carbocycles. The molecule has 0 radical (unpaired) electrons. The Morgan fingerprint density at radius 1 is 0.933 bits per heavy atom. The number of hydrogen-bond donors (Lipinski definition) is 0. The lowest BCUT2D eigenvalue weighted by atomic mass is 10.2. The average Bonchev–Trinajstić information content (AvgIpc) is 2.78. The van der Waals surface area contributed by atoms with E-state index in [4.69, 9.17) is 9.47 Å². The topological polar surface area (TPSA) is 57.1 Å². The first kappa shape index (κ1) is 19.3. The Hall–Kier alpha value is -3.98. The fourth-order valence-electron chi connectivity index (χ4n) is 2.80. The van der Waals surface area contributed by atoms with Crippen LogP contribution in [0.3, 0.4) is 0 Å². The standard InChI is InChI=1S/C24H18FN3O2/c1-29-20-9-5-17(6-10-20)7-11-22-24(30-15-13-19-4-2-3-14-26-19)28-23-16-18(25)8-12-21(23)27-22/h2-6,8-10,12,14,16H,13,15H2,1H3. The minimum atomic E-state index is -0.381. The number of ether oxygens (including phenoxy) is 2. The lowest BCUT2D eigenvalue weighted by molar-refractivity contribution is 0.307. The van der Waals surface area contributed by atoms with Crippen LogP contribution in [0.25, 0.3) is 11.0 Å². The number of fused-ring (bicyclic) bond motifs is 1. The second-order valence-electron chi connectivity index (χ2n) is 6.41. The van der Waals surface area contributed by atoms with Gasteiger partial charge in [0.1, 0.15) is 11.6 Å². The van der Waals surface area contributed by atoms with Crippen LogP contribution in [-0.4, -0.2) is 28.7 Å². The number of rotatable bonds is 5. The Kier molecular flexibility index (Phi) is 5.81. The molecule has 0 amide bonds. The second-order valence-corrected chi connectivity index (χ2v) is 6.41. The van der Waals surface area contributed by atoms with Gasteiger partial charge in [0, 0.05) is 29.9 Å². The molecule has 0 unspecified atom stereocenters. The van der Waals surface area contributed by atoms with Crippen LogP contribution in [0, 0.1) is 17.7 Å². The molecular weight excluding hydrogens is 381 g/mol. The van der Waals surface area contributed by atoms with Crippen molar-refractivity contribution in [2.24, 2.45) is 0 Å². The van der Waals surface area contributed by atoms with Crippen molar-refractivity contribution in [3.63, 3.8) is 0 Å². The van der Waals surface area contributed by atoms with Crippen molar-refractivity contribution in [3.8, 4) is 23.5 Å². The Balaban J connectivity index is 1.63. The van der Waals surface area contributed by atoms with Gasteiger partial charge in [0.15, 0.2) is 5.69 Å². The fraction of sp³-hybridized carbons (Fsp3) is 0.125. The van der Waals surface area contributed by atoms with Gasteiger partial charge in [-0.2, -0.15) is 0 Å². The highest BCUT2D eigenvalue weighted by Crippen LogP contribution is 2.20. The first-order valence-electron chi connectivity index (χ1n) is 9.37. The second kappa shape index (κ2) is 9.01. The highest BCUT2D eigenvalue weighted by molar-refractivity contribution is 5.75. The van der Waals surface area contributed by atoms with Gasteiger partial charge >= 0.3 is 0 Å². The third-order valence-corrected chi connectivity index (χ3v) is 4.33. The molecule has 30 heavy (non-hydrogen) atoms. The number of pyridine rings is 1. The van der Waals surface area contributed by atoms with Crippen molar-refractivity contribution in [1.29, 1.82) is 0 Å².